The first-order valence-corrected chi connectivity index (χ1v) is 9.73. The molecule has 2 heterocycles. The summed E-state index contributed by atoms with van der Waals surface area (Å²) in [6.45, 7) is 0.506. The van der Waals surface area contributed by atoms with E-state index >= 15 is 0 Å². The van der Waals surface area contributed by atoms with Crippen molar-refractivity contribution < 1.29 is 13.9 Å². The molecule has 0 radical (unpaired) electrons. The van der Waals surface area contributed by atoms with Crippen molar-refractivity contribution in [2.45, 2.75) is 6.42 Å². The maximum atomic E-state index is 13.5. The van der Waals surface area contributed by atoms with Gasteiger partial charge >= 0.3 is 5.69 Å². The molecular formula is C22H20FN5O4. The van der Waals surface area contributed by atoms with Crippen LogP contribution in [0.1, 0.15) is 5.56 Å². The highest BCUT2D eigenvalue weighted by molar-refractivity contribution is 5.73. The van der Waals surface area contributed by atoms with E-state index in [1.54, 1.807) is 14.2 Å². The highest BCUT2D eigenvalue weighted by Gasteiger charge is 2.12. The van der Waals surface area contributed by atoms with E-state index in [1.165, 1.54) is 24.4 Å². The second-order valence-electron chi connectivity index (χ2n) is 6.87. The van der Waals surface area contributed by atoms with Crippen molar-refractivity contribution in [3.63, 3.8) is 0 Å². The van der Waals surface area contributed by atoms with Crippen LogP contribution in [0.4, 0.5) is 10.3 Å². The number of anilines is 1. The standard InChI is InChI=1S/C22H20FN5O4/c1-31-17-7-6-13(10-18(17)32-2)8-9-24-21-25-12-16-19(26-21)27-22(30)28(20(16)29)15-5-3-4-14(23)11-15/h3-7,10-12H,8-9H2,1-2H3,(H2,24,25,26,27,30). The van der Waals surface area contributed by atoms with Gasteiger partial charge in [0.05, 0.1) is 19.9 Å². The van der Waals surface area contributed by atoms with Crippen LogP contribution in [0.2, 0.25) is 0 Å². The van der Waals surface area contributed by atoms with Crippen molar-refractivity contribution >= 4 is 17.0 Å². The van der Waals surface area contributed by atoms with E-state index in [0.29, 0.717) is 24.5 Å². The van der Waals surface area contributed by atoms with Gasteiger partial charge in [0.2, 0.25) is 5.95 Å². The Hall–Kier alpha value is -4.21. The lowest BCUT2D eigenvalue weighted by Crippen LogP contribution is -2.34. The highest BCUT2D eigenvalue weighted by Crippen LogP contribution is 2.27. The Labute approximate surface area is 181 Å². The number of ether oxygens (including phenoxy) is 2. The van der Waals surface area contributed by atoms with E-state index < -0.39 is 17.1 Å². The largest absolute Gasteiger partial charge is 0.493 e. The summed E-state index contributed by atoms with van der Waals surface area (Å²) in [7, 11) is 3.15. The smallest absolute Gasteiger partial charge is 0.334 e. The lowest BCUT2D eigenvalue weighted by Gasteiger charge is -2.10. The van der Waals surface area contributed by atoms with Crippen LogP contribution in [-0.4, -0.2) is 40.3 Å². The Bertz CT molecular complexity index is 1400. The highest BCUT2D eigenvalue weighted by atomic mass is 19.1. The quantitative estimate of drug-likeness (QED) is 0.456. The van der Waals surface area contributed by atoms with Gasteiger partial charge in [-0.15, -0.1) is 0 Å². The number of nitrogens with one attached hydrogen (secondary N) is 2. The fraction of sp³-hybridized carbons (Fsp3) is 0.182. The molecule has 0 aliphatic rings. The third kappa shape index (κ3) is 4.15. The van der Waals surface area contributed by atoms with Gasteiger partial charge in [-0.3, -0.25) is 9.78 Å². The van der Waals surface area contributed by atoms with Gasteiger partial charge in [0, 0.05) is 12.7 Å². The molecule has 2 aromatic heterocycles. The average molecular weight is 437 g/mol. The Morgan fingerprint density at radius 2 is 1.91 bits per heavy atom. The molecule has 2 aromatic carbocycles. The molecule has 32 heavy (non-hydrogen) atoms. The molecule has 4 rings (SSSR count). The molecule has 164 valence electrons. The number of rotatable bonds is 7. The van der Waals surface area contributed by atoms with E-state index in [4.69, 9.17) is 9.47 Å². The monoisotopic (exact) mass is 437 g/mol. The summed E-state index contributed by atoms with van der Waals surface area (Å²) in [5.41, 5.74) is -0.122. The molecular weight excluding hydrogens is 417 g/mol. The van der Waals surface area contributed by atoms with E-state index in [2.05, 4.69) is 20.3 Å². The van der Waals surface area contributed by atoms with Crippen LogP contribution >= 0.6 is 0 Å². The van der Waals surface area contributed by atoms with Crippen LogP contribution < -0.4 is 26.0 Å². The Morgan fingerprint density at radius 3 is 2.66 bits per heavy atom. The van der Waals surface area contributed by atoms with Crippen molar-refractivity contribution in [1.29, 1.82) is 0 Å². The molecule has 0 amide bonds. The van der Waals surface area contributed by atoms with Crippen molar-refractivity contribution in [3.8, 4) is 17.2 Å². The van der Waals surface area contributed by atoms with Gasteiger partial charge in [-0.1, -0.05) is 12.1 Å². The number of methoxy groups -OCH3 is 2. The van der Waals surface area contributed by atoms with E-state index in [9.17, 15) is 14.0 Å². The molecule has 0 unspecified atom stereocenters. The number of aromatic nitrogens is 4. The maximum absolute atomic E-state index is 13.5. The molecule has 0 saturated carbocycles. The van der Waals surface area contributed by atoms with Crippen LogP contribution in [0.15, 0.2) is 58.3 Å². The van der Waals surface area contributed by atoms with Gasteiger partial charge in [-0.25, -0.2) is 18.7 Å². The van der Waals surface area contributed by atoms with Crippen molar-refractivity contribution in [3.05, 3.63) is 80.9 Å². The third-order valence-electron chi connectivity index (χ3n) is 4.86. The fourth-order valence-corrected chi connectivity index (χ4v) is 3.29. The minimum atomic E-state index is -0.719. The molecule has 0 spiro atoms. The van der Waals surface area contributed by atoms with Gasteiger partial charge in [0.25, 0.3) is 5.56 Å². The number of benzene rings is 2. The summed E-state index contributed by atoms with van der Waals surface area (Å²) in [5.74, 6) is 0.990. The topological polar surface area (TPSA) is 111 Å². The van der Waals surface area contributed by atoms with Crippen LogP contribution in [0.25, 0.3) is 16.7 Å². The molecule has 0 atom stereocenters. The average Bonchev–Trinajstić information content (AvgIpc) is 2.79. The molecule has 0 saturated heterocycles. The number of hydrogen-bond acceptors (Lipinski definition) is 7. The maximum Gasteiger partial charge on any atom is 0.334 e. The lowest BCUT2D eigenvalue weighted by atomic mass is 10.1. The molecule has 2 N–H and O–H groups in total. The van der Waals surface area contributed by atoms with Gasteiger partial charge in [-0.05, 0) is 42.3 Å². The number of halogens is 1. The molecule has 0 aliphatic heterocycles. The summed E-state index contributed by atoms with van der Waals surface area (Å²) in [6.07, 6.45) is 1.98. The Balaban J connectivity index is 1.55. The van der Waals surface area contributed by atoms with Crippen LogP contribution in [0, 0.1) is 5.82 Å². The first-order chi connectivity index (χ1) is 15.5. The van der Waals surface area contributed by atoms with Crippen LogP contribution in [0.3, 0.4) is 0 Å². The molecule has 0 aliphatic carbocycles. The molecule has 9 nitrogen and oxygen atoms in total. The van der Waals surface area contributed by atoms with E-state index in [0.717, 1.165) is 16.2 Å². The predicted octanol–water partition coefficient (Wildman–Crippen LogP) is 2.28. The molecule has 4 aromatic rings. The molecule has 10 heteroatoms. The van der Waals surface area contributed by atoms with E-state index in [-0.39, 0.29) is 22.7 Å². The number of aromatic amines is 1. The first-order valence-electron chi connectivity index (χ1n) is 9.73. The number of fused-ring (bicyclic) bond motifs is 1. The second-order valence-corrected chi connectivity index (χ2v) is 6.87. The van der Waals surface area contributed by atoms with Crippen molar-refractivity contribution in [1.82, 2.24) is 19.5 Å². The summed E-state index contributed by atoms with van der Waals surface area (Å²) in [6, 6.07) is 10.9. The zero-order chi connectivity index (χ0) is 22.7. The van der Waals surface area contributed by atoms with Gasteiger partial charge in [0.15, 0.2) is 17.1 Å². The lowest BCUT2D eigenvalue weighted by molar-refractivity contribution is 0.354. The molecule has 0 fully saturated rings. The zero-order valence-corrected chi connectivity index (χ0v) is 17.4. The van der Waals surface area contributed by atoms with Crippen molar-refractivity contribution in [2.24, 2.45) is 0 Å². The fourth-order valence-electron chi connectivity index (χ4n) is 3.29. The van der Waals surface area contributed by atoms with Crippen LogP contribution in [-0.2, 0) is 6.42 Å². The summed E-state index contributed by atoms with van der Waals surface area (Å²) in [4.78, 5) is 36.2. The predicted molar refractivity (Wildman–Crippen MR) is 117 cm³/mol. The summed E-state index contributed by atoms with van der Waals surface area (Å²) >= 11 is 0. The number of H-pyrrole nitrogens is 1. The van der Waals surface area contributed by atoms with Crippen LogP contribution in [0.5, 0.6) is 11.5 Å². The Morgan fingerprint density at radius 1 is 1.09 bits per heavy atom. The Kier molecular flexibility index (Phi) is 5.84. The normalized spacial score (nSPS) is 10.8. The summed E-state index contributed by atoms with van der Waals surface area (Å²) in [5, 5.41) is 3.18. The minimum absolute atomic E-state index is 0.0938. The zero-order valence-electron chi connectivity index (χ0n) is 17.4. The minimum Gasteiger partial charge on any atom is -0.493 e. The first kappa shape index (κ1) is 21.0. The number of hydrogen-bond donors (Lipinski definition) is 2. The van der Waals surface area contributed by atoms with Gasteiger partial charge in [-0.2, -0.15) is 4.98 Å². The number of nitrogens with zero attached hydrogens (tertiary/aromatic N) is 3. The van der Waals surface area contributed by atoms with Gasteiger partial charge in [0.1, 0.15) is 11.2 Å². The van der Waals surface area contributed by atoms with E-state index in [1.807, 2.05) is 18.2 Å². The van der Waals surface area contributed by atoms with Gasteiger partial charge < -0.3 is 14.8 Å². The van der Waals surface area contributed by atoms with Crippen molar-refractivity contribution in [2.75, 3.05) is 26.1 Å². The molecule has 0 bridgehead atoms. The second kappa shape index (κ2) is 8.88. The SMILES string of the molecule is COc1ccc(CCNc2ncc3c(=O)n(-c4cccc(F)c4)c(=O)[nH]c3n2)cc1OC. The third-order valence-corrected chi connectivity index (χ3v) is 4.86. The summed E-state index contributed by atoms with van der Waals surface area (Å²) < 4.78 is 24.9.